The number of rotatable bonds is 11. The molecule has 0 aliphatic carbocycles. The Hall–Kier alpha value is -4.25. The fourth-order valence-electron chi connectivity index (χ4n) is 6.53. The number of aromatic nitrogens is 3. The predicted octanol–water partition coefficient (Wildman–Crippen LogP) is 2.70. The first-order valence-electron chi connectivity index (χ1n) is 15.5. The highest BCUT2D eigenvalue weighted by atomic mass is 35.5. The summed E-state index contributed by atoms with van der Waals surface area (Å²) in [5.41, 5.74) is 8.02. The number of likely N-dealkylation sites (tertiary alicyclic amines) is 1. The maximum atomic E-state index is 13.3. The van der Waals surface area contributed by atoms with Gasteiger partial charge in [0.05, 0.1) is 40.4 Å². The van der Waals surface area contributed by atoms with Crippen LogP contribution in [0.25, 0.3) is 10.9 Å². The molecule has 7 rings (SSSR count). The second-order valence-corrected chi connectivity index (χ2v) is 15.7. The van der Waals surface area contributed by atoms with Gasteiger partial charge in [-0.1, -0.05) is 28.1 Å². The molecule has 254 valence electrons. The van der Waals surface area contributed by atoms with Crippen LogP contribution in [0.3, 0.4) is 0 Å². The number of nitrogens with two attached hydrogens (primary N) is 1. The highest BCUT2D eigenvalue weighted by Gasteiger charge is 2.53. The molecule has 1 amide bonds. The van der Waals surface area contributed by atoms with Gasteiger partial charge in [-0.05, 0) is 25.0 Å². The average Bonchev–Trinajstić information content (AvgIpc) is 3.90. The lowest BCUT2D eigenvalue weighted by Gasteiger charge is -2.50. The van der Waals surface area contributed by atoms with E-state index in [0.29, 0.717) is 23.7 Å². The normalized spacial score (nSPS) is 19.4. The lowest BCUT2D eigenvalue weighted by atomic mass is 9.89. The summed E-state index contributed by atoms with van der Waals surface area (Å²) in [7, 11) is 1.28. The Bertz CT molecular complexity index is 2060. The number of thiazole rings is 1. The van der Waals surface area contributed by atoms with E-state index in [1.807, 2.05) is 35.3 Å². The number of halogens is 1. The van der Waals surface area contributed by atoms with Crippen LogP contribution in [0.15, 0.2) is 58.6 Å². The first-order chi connectivity index (χ1) is 23.6. The third kappa shape index (κ3) is 6.33. The fourth-order valence-corrected chi connectivity index (χ4v) is 9.73. The molecule has 2 saturated heterocycles. The number of amides is 1. The average molecular weight is 739 g/mol. The van der Waals surface area contributed by atoms with Gasteiger partial charge in [0.1, 0.15) is 23.0 Å². The number of carbonyl (C=O) groups is 3. The Morgan fingerprint density at radius 3 is 2.80 bits per heavy atom. The Balaban J connectivity index is 1.05. The topological polar surface area (TPSA) is 174 Å². The number of oxime groups is 1. The van der Waals surface area contributed by atoms with Crippen molar-refractivity contribution in [3.63, 3.8) is 0 Å². The summed E-state index contributed by atoms with van der Waals surface area (Å²) < 4.78 is 4.22. The maximum Gasteiger partial charge on any atom is 0.234 e. The van der Waals surface area contributed by atoms with E-state index in [2.05, 4.69) is 31.1 Å². The molecule has 0 radical (unpaired) electrons. The second kappa shape index (κ2) is 13.6. The van der Waals surface area contributed by atoms with Crippen LogP contribution >= 0.6 is 46.0 Å². The third-order valence-electron chi connectivity index (χ3n) is 8.85. The zero-order valence-electron chi connectivity index (χ0n) is 26.3. The molecule has 3 N–H and O–H groups in total. The van der Waals surface area contributed by atoms with E-state index in [9.17, 15) is 19.5 Å². The molecule has 7 heterocycles. The largest absolute Gasteiger partial charge is 0.543 e. The van der Waals surface area contributed by atoms with Crippen LogP contribution in [0.4, 0.5) is 5.13 Å². The maximum absolute atomic E-state index is 13.3. The highest BCUT2D eigenvalue weighted by Crippen LogP contribution is 2.45. The van der Waals surface area contributed by atoms with Crippen molar-refractivity contribution in [3.8, 4) is 0 Å². The number of thiophene rings is 1. The number of pyridine rings is 1. The summed E-state index contributed by atoms with van der Waals surface area (Å²) >= 11 is 10.2. The molecule has 0 aromatic carbocycles. The molecule has 0 saturated carbocycles. The predicted molar refractivity (Wildman–Crippen MR) is 187 cm³/mol. The van der Waals surface area contributed by atoms with Gasteiger partial charge in [-0.15, -0.1) is 23.1 Å². The molecule has 2 fully saturated rings. The lowest BCUT2D eigenvalue weighted by Crippen LogP contribution is -2.63. The SMILES string of the molecule is CO/N=C(\C(=O)C[C@@H]1C(=O)N2C(C(=O)[O-])=C(C[n+]3ccc4c(ccn4Cc4cc(C(=N)N5CCCC5)cs4)c3)CS[C@H]12)c1nc(N)sc1Cl. The van der Waals surface area contributed by atoms with Crippen LogP contribution in [-0.2, 0) is 32.3 Å². The molecule has 0 unspecified atom stereocenters. The number of Topliss-reactive ketones (excluding diaryl/α,β-unsaturated/α-hetero) is 1. The van der Waals surface area contributed by atoms with Crippen molar-refractivity contribution in [3.05, 3.63) is 73.9 Å². The van der Waals surface area contributed by atoms with Gasteiger partial charge in [0.15, 0.2) is 35.6 Å². The van der Waals surface area contributed by atoms with Crippen molar-refractivity contribution in [2.45, 2.75) is 37.7 Å². The van der Waals surface area contributed by atoms with E-state index in [1.54, 1.807) is 11.3 Å². The lowest BCUT2D eigenvalue weighted by molar-refractivity contribution is -0.687. The van der Waals surface area contributed by atoms with Crippen LogP contribution in [0.1, 0.15) is 35.4 Å². The van der Waals surface area contributed by atoms with E-state index in [-0.39, 0.29) is 39.5 Å². The number of carbonyl (C=O) groups excluding carboxylic acids is 3. The fraction of sp³-hybridized carbons (Fsp3) is 0.344. The number of β-lactam (4-membered cyclic amide) rings is 1. The standard InChI is InChI=1S/C32H31ClN8O5S3/c1-46-37-24(25-27(33)49-32(35)36-25)23(42)11-21-29(43)41-26(31(44)45)19(16-48-30(21)41)13-38-8-5-22-17(12-38)4-9-40(22)14-20-10-18(15-47-20)28(34)39-6-2-3-7-39/h4-5,8-10,12,15,21,30,34H,2-3,6-7,11,13-14,16H2,1H3,(H2-,35,36,44,45)/b34-28?,37-24+/t21-,30-/m1/s1. The summed E-state index contributed by atoms with van der Waals surface area (Å²) in [5, 5.41) is 27.4. The molecule has 3 aliphatic heterocycles. The van der Waals surface area contributed by atoms with Gasteiger partial charge < -0.3 is 29.9 Å². The molecule has 17 heteroatoms. The number of nitrogens with zero attached hydrogens (tertiary/aromatic N) is 6. The molecular weight excluding hydrogens is 708 g/mol. The minimum Gasteiger partial charge on any atom is -0.543 e. The van der Waals surface area contributed by atoms with Gasteiger partial charge >= 0.3 is 0 Å². The molecule has 0 bridgehead atoms. The summed E-state index contributed by atoms with van der Waals surface area (Å²) in [6.07, 6.45) is 7.91. The summed E-state index contributed by atoms with van der Waals surface area (Å²) in [6.45, 7) is 2.80. The van der Waals surface area contributed by atoms with Crippen LogP contribution < -0.4 is 15.4 Å². The number of hydrogen-bond donors (Lipinski definition) is 2. The molecule has 3 aliphatic rings. The number of carboxylic acid groups (broad SMARTS) is 1. The van der Waals surface area contributed by atoms with E-state index in [0.717, 1.165) is 58.6 Å². The van der Waals surface area contributed by atoms with Crippen molar-refractivity contribution >= 4 is 91.3 Å². The Morgan fingerprint density at radius 1 is 1.29 bits per heavy atom. The van der Waals surface area contributed by atoms with Crippen molar-refractivity contribution in [2.24, 2.45) is 11.1 Å². The zero-order valence-corrected chi connectivity index (χ0v) is 29.5. The van der Waals surface area contributed by atoms with Gasteiger partial charge in [0.25, 0.3) is 0 Å². The van der Waals surface area contributed by atoms with E-state index in [4.69, 9.17) is 27.6 Å². The van der Waals surface area contributed by atoms with E-state index >= 15 is 0 Å². The summed E-state index contributed by atoms with van der Waals surface area (Å²) in [4.78, 5) is 52.4. The monoisotopic (exact) mass is 738 g/mol. The van der Waals surface area contributed by atoms with Gasteiger partial charge in [-0.3, -0.25) is 19.9 Å². The number of thioether (sulfide) groups is 1. The minimum atomic E-state index is -1.44. The number of hydrogen-bond acceptors (Lipinski definition) is 12. The van der Waals surface area contributed by atoms with Crippen molar-refractivity contribution < 1.29 is 28.9 Å². The number of nitrogens with one attached hydrogen (secondary N) is 1. The van der Waals surface area contributed by atoms with Crippen LogP contribution in [0, 0.1) is 11.3 Å². The number of nitrogen functional groups attached to an aromatic ring is 1. The Labute approximate surface area is 298 Å². The Morgan fingerprint density at radius 2 is 2.08 bits per heavy atom. The molecule has 0 spiro atoms. The number of carboxylic acids is 1. The number of aliphatic carboxylic acids is 1. The molecule has 49 heavy (non-hydrogen) atoms. The van der Waals surface area contributed by atoms with Crippen LogP contribution in [0.5, 0.6) is 0 Å². The number of anilines is 1. The third-order valence-corrected chi connectivity index (χ3v) is 12.2. The first-order valence-corrected chi connectivity index (χ1v) is 18.6. The molecule has 4 aromatic heterocycles. The zero-order chi connectivity index (χ0) is 34.4. The van der Waals surface area contributed by atoms with Crippen molar-refractivity contribution in [2.75, 3.05) is 31.7 Å². The van der Waals surface area contributed by atoms with E-state index in [1.165, 1.54) is 23.8 Å². The smallest absolute Gasteiger partial charge is 0.234 e. The molecule has 13 nitrogen and oxygen atoms in total. The first kappa shape index (κ1) is 33.3. The number of ketones is 1. The van der Waals surface area contributed by atoms with Gasteiger partial charge in [-0.2, -0.15) is 0 Å². The molecule has 4 aromatic rings. The molecular formula is C32H31ClN8O5S3. The quantitative estimate of drug-likeness (QED) is 0.0771. The number of amidine groups is 1. The molecule has 2 atom stereocenters. The second-order valence-electron chi connectivity index (χ2n) is 11.9. The van der Waals surface area contributed by atoms with Gasteiger partial charge in [0, 0.05) is 58.9 Å². The van der Waals surface area contributed by atoms with Crippen LogP contribution in [-0.4, -0.2) is 79.9 Å². The Kier molecular flexibility index (Phi) is 9.21. The summed E-state index contributed by atoms with van der Waals surface area (Å²) in [5.74, 6) is -2.27. The highest BCUT2D eigenvalue weighted by molar-refractivity contribution is 8.00. The van der Waals surface area contributed by atoms with Crippen molar-refractivity contribution in [1.29, 1.82) is 5.41 Å². The van der Waals surface area contributed by atoms with Gasteiger partial charge in [0.2, 0.25) is 5.91 Å². The minimum absolute atomic E-state index is 0.0767. The van der Waals surface area contributed by atoms with Crippen molar-refractivity contribution in [1.82, 2.24) is 19.4 Å². The summed E-state index contributed by atoms with van der Waals surface area (Å²) in [6, 6.07) is 6.10. The van der Waals surface area contributed by atoms with E-state index < -0.39 is 29.0 Å². The van der Waals surface area contributed by atoms with Crippen LogP contribution in [0.2, 0.25) is 4.34 Å². The number of fused-ring (bicyclic) bond motifs is 2. The van der Waals surface area contributed by atoms with Gasteiger partial charge in [-0.25, -0.2) is 9.55 Å².